The summed E-state index contributed by atoms with van der Waals surface area (Å²) in [6.07, 6.45) is -3.13. The first-order valence-electron chi connectivity index (χ1n) is 12.6. The lowest BCUT2D eigenvalue weighted by atomic mass is 9.99. The van der Waals surface area contributed by atoms with E-state index in [-0.39, 0.29) is 6.54 Å². The molecule has 0 radical (unpaired) electrons. The molecule has 202 valence electrons. The normalized spacial score (nSPS) is 18.2. The predicted molar refractivity (Wildman–Crippen MR) is 137 cm³/mol. The number of hydrogen-bond acceptors (Lipinski definition) is 6. The fraction of sp³-hybridized carbons (Fsp3) is 0.462. The lowest BCUT2D eigenvalue weighted by Crippen LogP contribution is -2.36. The lowest BCUT2D eigenvalue weighted by Gasteiger charge is -2.28. The standard InChI is InChI=1S/C26H30F3N7O2/c1-17-3-4-20(31-25(37)36-6-5-18(15-36)14-26(27,28)29)13-21(17)19-11-22(24-33-30-16-34(24)2)32-23(12-19)35-7-9-38-10-8-35/h3-4,11-13,16,18H,5-10,14-15H2,1-2H3,(H,31,37)/t18-/m0/s1. The van der Waals surface area contributed by atoms with E-state index in [4.69, 9.17) is 9.72 Å². The summed E-state index contributed by atoms with van der Waals surface area (Å²) in [5.74, 6) is 0.861. The highest BCUT2D eigenvalue weighted by atomic mass is 19.4. The Morgan fingerprint density at radius 3 is 2.66 bits per heavy atom. The Bertz CT molecular complexity index is 1300. The number of urea groups is 1. The summed E-state index contributed by atoms with van der Waals surface area (Å²) in [4.78, 5) is 21.3. The highest BCUT2D eigenvalue weighted by molar-refractivity contribution is 5.91. The van der Waals surface area contributed by atoms with Crippen LogP contribution in [0, 0.1) is 12.8 Å². The zero-order valence-corrected chi connectivity index (χ0v) is 21.3. The van der Waals surface area contributed by atoms with Gasteiger partial charge in [0.25, 0.3) is 0 Å². The van der Waals surface area contributed by atoms with Crippen molar-refractivity contribution < 1.29 is 22.7 Å². The molecule has 2 aliphatic rings. The Hall–Kier alpha value is -3.67. The van der Waals surface area contributed by atoms with Crippen LogP contribution in [0.5, 0.6) is 0 Å². The number of nitrogens with zero attached hydrogens (tertiary/aromatic N) is 6. The Labute approximate surface area is 218 Å². The molecule has 2 aliphatic heterocycles. The summed E-state index contributed by atoms with van der Waals surface area (Å²) in [5, 5.41) is 11.1. The third kappa shape index (κ3) is 5.90. The van der Waals surface area contributed by atoms with E-state index in [1.54, 1.807) is 17.0 Å². The van der Waals surface area contributed by atoms with Crippen molar-refractivity contribution >= 4 is 17.5 Å². The predicted octanol–water partition coefficient (Wildman–Crippen LogP) is 4.50. The monoisotopic (exact) mass is 529 g/mol. The second kappa shape index (κ2) is 10.6. The van der Waals surface area contributed by atoms with Gasteiger partial charge in [0.15, 0.2) is 5.82 Å². The molecule has 0 unspecified atom stereocenters. The van der Waals surface area contributed by atoms with Crippen molar-refractivity contribution in [2.75, 3.05) is 49.6 Å². The molecular formula is C26H30F3N7O2. The summed E-state index contributed by atoms with van der Waals surface area (Å²) in [5.41, 5.74) is 4.04. The molecular weight excluding hydrogens is 499 g/mol. The SMILES string of the molecule is Cc1ccc(NC(=O)N2CC[C@@H](CC(F)(F)F)C2)cc1-c1cc(-c2nncn2C)nc(N2CCOCC2)c1. The number of carbonyl (C=O) groups excluding carboxylic acids is 1. The van der Waals surface area contributed by atoms with E-state index in [0.717, 1.165) is 35.6 Å². The van der Waals surface area contributed by atoms with Gasteiger partial charge in [-0.25, -0.2) is 9.78 Å². The number of halogens is 3. The van der Waals surface area contributed by atoms with Crippen LogP contribution in [-0.4, -0.2) is 76.2 Å². The topological polar surface area (TPSA) is 88.4 Å². The molecule has 12 heteroatoms. The van der Waals surface area contributed by atoms with Gasteiger partial charge in [-0.15, -0.1) is 10.2 Å². The van der Waals surface area contributed by atoms with Crippen molar-refractivity contribution in [1.82, 2.24) is 24.6 Å². The maximum Gasteiger partial charge on any atom is 0.389 e. The molecule has 0 saturated carbocycles. The van der Waals surface area contributed by atoms with Crippen molar-refractivity contribution in [3.05, 3.63) is 42.2 Å². The molecule has 0 spiro atoms. The summed E-state index contributed by atoms with van der Waals surface area (Å²) in [7, 11) is 1.86. The second-order valence-electron chi connectivity index (χ2n) is 9.84. The van der Waals surface area contributed by atoms with Crippen LogP contribution in [0.4, 0.5) is 29.5 Å². The Morgan fingerprint density at radius 1 is 1.16 bits per heavy atom. The number of carbonyl (C=O) groups is 1. The number of morpholine rings is 1. The average Bonchev–Trinajstić information content (AvgIpc) is 3.53. The van der Waals surface area contributed by atoms with Gasteiger partial charge in [-0.05, 0) is 60.2 Å². The largest absolute Gasteiger partial charge is 0.389 e. The maximum absolute atomic E-state index is 12.9. The number of aryl methyl sites for hydroxylation is 2. The number of rotatable bonds is 5. The minimum absolute atomic E-state index is 0.0956. The molecule has 4 heterocycles. The number of anilines is 2. The van der Waals surface area contributed by atoms with Gasteiger partial charge in [-0.1, -0.05) is 6.07 Å². The molecule has 0 bridgehead atoms. The van der Waals surface area contributed by atoms with Gasteiger partial charge in [-0.3, -0.25) is 0 Å². The van der Waals surface area contributed by atoms with Crippen molar-refractivity contribution in [1.29, 1.82) is 0 Å². The van der Waals surface area contributed by atoms with Gasteiger partial charge in [0.2, 0.25) is 0 Å². The van der Waals surface area contributed by atoms with Gasteiger partial charge in [0.1, 0.15) is 17.8 Å². The zero-order chi connectivity index (χ0) is 26.9. The van der Waals surface area contributed by atoms with Gasteiger partial charge in [0.05, 0.1) is 13.2 Å². The van der Waals surface area contributed by atoms with Crippen LogP contribution in [0.15, 0.2) is 36.7 Å². The number of hydrogen-bond donors (Lipinski definition) is 1. The molecule has 9 nitrogen and oxygen atoms in total. The fourth-order valence-electron chi connectivity index (χ4n) is 4.98. The maximum atomic E-state index is 12.9. The molecule has 5 rings (SSSR count). The van der Waals surface area contributed by atoms with Crippen molar-refractivity contribution in [2.24, 2.45) is 13.0 Å². The first-order chi connectivity index (χ1) is 18.2. The Kier molecular flexibility index (Phi) is 7.24. The number of likely N-dealkylation sites (tertiary alicyclic amines) is 1. The quantitative estimate of drug-likeness (QED) is 0.524. The molecule has 1 aromatic carbocycles. The Morgan fingerprint density at radius 2 is 1.95 bits per heavy atom. The van der Waals surface area contributed by atoms with Gasteiger partial charge >= 0.3 is 12.2 Å². The fourth-order valence-corrected chi connectivity index (χ4v) is 4.98. The van der Waals surface area contributed by atoms with Gasteiger partial charge in [0, 0.05) is 45.3 Å². The van der Waals surface area contributed by atoms with Gasteiger partial charge in [-0.2, -0.15) is 13.2 Å². The molecule has 2 saturated heterocycles. The minimum atomic E-state index is -4.22. The highest BCUT2D eigenvalue weighted by Gasteiger charge is 2.36. The van der Waals surface area contributed by atoms with Gasteiger partial charge < -0.3 is 24.4 Å². The van der Waals surface area contributed by atoms with E-state index < -0.39 is 24.5 Å². The molecule has 3 aromatic rings. The molecule has 1 atom stereocenters. The molecule has 2 fully saturated rings. The van der Waals surface area contributed by atoms with Crippen LogP contribution < -0.4 is 10.2 Å². The number of nitrogens with one attached hydrogen (secondary N) is 1. The second-order valence-corrected chi connectivity index (χ2v) is 9.84. The van der Waals surface area contributed by atoms with Crippen molar-refractivity contribution in [3.63, 3.8) is 0 Å². The first kappa shape index (κ1) is 26.0. The molecule has 38 heavy (non-hydrogen) atoms. The summed E-state index contributed by atoms with van der Waals surface area (Å²) in [6.45, 7) is 5.06. The van der Waals surface area contributed by atoms with Crippen LogP contribution in [-0.2, 0) is 11.8 Å². The molecule has 0 aliphatic carbocycles. The van der Waals surface area contributed by atoms with E-state index in [1.807, 2.05) is 38.2 Å². The number of alkyl halides is 3. The summed E-state index contributed by atoms with van der Waals surface area (Å²) < 4.78 is 45.6. The lowest BCUT2D eigenvalue weighted by molar-refractivity contribution is -0.143. The molecule has 2 aromatic heterocycles. The van der Waals surface area contributed by atoms with Crippen molar-refractivity contribution in [3.8, 4) is 22.6 Å². The number of ether oxygens (including phenoxy) is 1. The summed E-state index contributed by atoms with van der Waals surface area (Å²) in [6, 6.07) is 9.17. The van der Waals surface area contributed by atoms with Crippen LogP contribution >= 0.6 is 0 Å². The average molecular weight is 530 g/mol. The molecule has 2 amide bonds. The minimum Gasteiger partial charge on any atom is -0.378 e. The third-order valence-corrected chi connectivity index (χ3v) is 6.98. The number of aromatic nitrogens is 4. The van der Waals surface area contributed by atoms with E-state index in [1.165, 1.54) is 4.90 Å². The first-order valence-corrected chi connectivity index (χ1v) is 12.6. The van der Waals surface area contributed by atoms with Crippen LogP contribution in [0.25, 0.3) is 22.6 Å². The number of pyridine rings is 1. The van der Waals surface area contributed by atoms with E-state index >= 15 is 0 Å². The van der Waals surface area contributed by atoms with Crippen LogP contribution in [0.2, 0.25) is 0 Å². The zero-order valence-electron chi connectivity index (χ0n) is 21.3. The van der Waals surface area contributed by atoms with E-state index in [2.05, 4.69) is 20.4 Å². The number of benzene rings is 1. The van der Waals surface area contributed by atoms with Crippen LogP contribution in [0.3, 0.4) is 0 Å². The Balaban J connectivity index is 1.41. The third-order valence-electron chi connectivity index (χ3n) is 6.98. The highest BCUT2D eigenvalue weighted by Crippen LogP contribution is 2.33. The van der Waals surface area contributed by atoms with Crippen LogP contribution in [0.1, 0.15) is 18.4 Å². The molecule has 1 N–H and O–H groups in total. The number of amides is 2. The van der Waals surface area contributed by atoms with Crippen molar-refractivity contribution in [2.45, 2.75) is 25.9 Å². The smallest absolute Gasteiger partial charge is 0.378 e. The van der Waals surface area contributed by atoms with E-state index in [0.29, 0.717) is 43.4 Å². The summed E-state index contributed by atoms with van der Waals surface area (Å²) >= 11 is 0. The van der Waals surface area contributed by atoms with E-state index in [9.17, 15) is 18.0 Å².